The molecule has 1 amide bonds. The topological polar surface area (TPSA) is 66.5 Å². The Hall–Kier alpha value is -1.41. The van der Waals surface area contributed by atoms with Crippen LogP contribution in [-0.2, 0) is 14.8 Å². The lowest BCUT2D eigenvalue weighted by Gasteiger charge is -2.23. The van der Waals surface area contributed by atoms with E-state index in [1.807, 2.05) is 31.2 Å². The van der Waals surface area contributed by atoms with Crippen LogP contribution in [0.2, 0.25) is 10.0 Å². The molecule has 0 spiro atoms. The molecule has 27 heavy (non-hydrogen) atoms. The highest BCUT2D eigenvalue weighted by molar-refractivity contribution is 7.99. The third-order valence-electron chi connectivity index (χ3n) is 3.60. The lowest BCUT2D eigenvalue weighted by Crippen LogP contribution is -2.41. The van der Waals surface area contributed by atoms with Crippen LogP contribution < -0.4 is 9.62 Å². The summed E-state index contributed by atoms with van der Waals surface area (Å²) in [5.74, 6) is 0.256. The third kappa shape index (κ3) is 6.60. The van der Waals surface area contributed by atoms with E-state index in [0.717, 1.165) is 15.5 Å². The van der Waals surface area contributed by atoms with Gasteiger partial charge in [-0.1, -0.05) is 47.0 Å². The van der Waals surface area contributed by atoms with E-state index in [2.05, 4.69) is 5.32 Å². The number of halogens is 2. The summed E-state index contributed by atoms with van der Waals surface area (Å²) in [6.45, 7) is 2.07. The van der Waals surface area contributed by atoms with Gasteiger partial charge in [-0.05, 0) is 31.2 Å². The predicted molar refractivity (Wildman–Crippen MR) is 114 cm³/mol. The molecule has 1 N–H and O–H groups in total. The highest BCUT2D eigenvalue weighted by atomic mass is 35.5. The fraction of sp³-hybridized carbons (Fsp3) is 0.278. The van der Waals surface area contributed by atoms with Crippen molar-refractivity contribution in [1.82, 2.24) is 5.32 Å². The molecule has 0 saturated carbocycles. The molecule has 5 nitrogen and oxygen atoms in total. The number of nitrogens with zero attached hydrogens (tertiary/aromatic N) is 1. The largest absolute Gasteiger partial charge is 0.354 e. The summed E-state index contributed by atoms with van der Waals surface area (Å²) in [7, 11) is -3.71. The molecular weight excluding hydrogens is 427 g/mol. The van der Waals surface area contributed by atoms with Crippen LogP contribution in [0, 0.1) is 6.92 Å². The fourth-order valence-electron chi connectivity index (χ4n) is 2.25. The van der Waals surface area contributed by atoms with Crippen LogP contribution in [0.5, 0.6) is 0 Å². The second-order valence-corrected chi connectivity index (χ2v) is 9.71. The van der Waals surface area contributed by atoms with Gasteiger partial charge in [-0.3, -0.25) is 9.10 Å². The molecule has 0 saturated heterocycles. The van der Waals surface area contributed by atoms with E-state index in [1.54, 1.807) is 23.9 Å². The van der Waals surface area contributed by atoms with Gasteiger partial charge in [0.1, 0.15) is 6.54 Å². The van der Waals surface area contributed by atoms with Crippen molar-refractivity contribution < 1.29 is 13.2 Å². The van der Waals surface area contributed by atoms with Gasteiger partial charge in [-0.25, -0.2) is 8.42 Å². The number of hydrogen-bond acceptors (Lipinski definition) is 4. The van der Waals surface area contributed by atoms with Crippen LogP contribution in [0.4, 0.5) is 5.69 Å². The second kappa shape index (κ2) is 9.68. The number of sulfonamides is 1. The van der Waals surface area contributed by atoms with Crippen molar-refractivity contribution in [3.8, 4) is 0 Å². The molecule has 0 atom stereocenters. The Morgan fingerprint density at radius 2 is 1.81 bits per heavy atom. The number of hydrogen-bond donors (Lipinski definition) is 1. The molecule has 0 unspecified atom stereocenters. The molecule has 0 aliphatic heterocycles. The highest BCUT2D eigenvalue weighted by Crippen LogP contribution is 2.33. The second-order valence-electron chi connectivity index (χ2n) is 5.85. The third-order valence-corrected chi connectivity index (χ3v) is 6.55. The van der Waals surface area contributed by atoms with Gasteiger partial charge in [0.25, 0.3) is 0 Å². The quantitative estimate of drug-likeness (QED) is 0.491. The average molecular weight is 447 g/mol. The van der Waals surface area contributed by atoms with Crippen molar-refractivity contribution >= 4 is 56.6 Å². The standard InChI is InChI=1S/C18H20Cl2N2O3S2/c1-13-6-8-14(9-7-13)26-11-10-21-17(23)12-22(27(2,24)25)16-5-3-4-15(19)18(16)20/h3-9H,10-12H2,1-2H3,(H,21,23). The van der Waals surface area contributed by atoms with Crippen LogP contribution in [-0.4, -0.2) is 39.4 Å². The minimum atomic E-state index is -3.71. The molecule has 9 heteroatoms. The predicted octanol–water partition coefficient (Wildman–Crippen LogP) is 3.98. The van der Waals surface area contributed by atoms with Crippen LogP contribution in [0.3, 0.4) is 0 Å². The van der Waals surface area contributed by atoms with Gasteiger partial charge in [0.2, 0.25) is 15.9 Å². The Balaban J connectivity index is 1.94. The number of carbonyl (C=O) groups is 1. The summed E-state index contributed by atoms with van der Waals surface area (Å²) in [6.07, 6.45) is 1.02. The first-order chi connectivity index (χ1) is 12.7. The zero-order valence-corrected chi connectivity index (χ0v) is 18.1. The van der Waals surface area contributed by atoms with Gasteiger partial charge in [0, 0.05) is 17.2 Å². The molecular formula is C18H20Cl2N2O3S2. The van der Waals surface area contributed by atoms with Gasteiger partial charge in [-0.15, -0.1) is 11.8 Å². The van der Waals surface area contributed by atoms with Crippen LogP contribution in [0.25, 0.3) is 0 Å². The van der Waals surface area contributed by atoms with E-state index in [9.17, 15) is 13.2 Å². The lowest BCUT2D eigenvalue weighted by atomic mass is 10.2. The van der Waals surface area contributed by atoms with E-state index in [4.69, 9.17) is 23.2 Å². The molecule has 0 aliphatic rings. The summed E-state index contributed by atoms with van der Waals surface area (Å²) in [6, 6.07) is 12.7. The first-order valence-electron chi connectivity index (χ1n) is 8.06. The van der Waals surface area contributed by atoms with Crippen molar-refractivity contribution in [2.24, 2.45) is 0 Å². The van der Waals surface area contributed by atoms with Gasteiger partial charge in [0.05, 0.1) is 22.0 Å². The van der Waals surface area contributed by atoms with Crippen molar-refractivity contribution in [2.45, 2.75) is 11.8 Å². The number of rotatable bonds is 8. The number of anilines is 1. The summed E-state index contributed by atoms with van der Waals surface area (Å²) < 4.78 is 25.2. The maximum atomic E-state index is 12.2. The summed E-state index contributed by atoms with van der Waals surface area (Å²) in [5, 5.41) is 3.04. The van der Waals surface area contributed by atoms with Crippen LogP contribution in [0.1, 0.15) is 5.56 Å². The van der Waals surface area contributed by atoms with Crippen molar-refractivity contribution in [3.63, 3.8) is 0 Å². The maximum absolute atomic E-state index is 12.2. The molecule has 0 radical (unpaired) electrons. The molecule has 0 fully saturated rings. The minimum Gasteiger partial charge on any atom is -0.354 e. The molecule has 0 heterocycles. The summed E-state index contributed by atoms with van der Waals surface area (Å²) in [4.78, 5) is 13.3. The van der Waals surface area contributed by atoms with Crippen LogP contribution in [0.15, 0.2) is 47.4 Å². The van der Waals surface area contributed by atoms with E-state index in [0.29, 0.717) is 12.3 Å². The van der Waals surface area contributed by atoms with E-state index in [1.165, 1.54) is 11.6 Å². The number of aryl methyl sites for hydroxylation is 1. The first kappa shape index (κ1) is 21.9. The van der Waals surface area contributed by atoms with Gasteiger partial charge >= 0.3 is 0 Å². The monoisotopic (exact) mass is 446 g/mol. The Kier molecular flexibility index (Phi) is 7.85. The lowest BCUT2D eigenvalue weighted by molar-refractivity contribution is -0.119. The van der Waals surface area contributed by atoms with Crippen LogP contribution >= 0.6 is 35.0 Å². The summed E-state index contributed by atoms with van der Waals surface area (Å²) in [5.41, 5.74) is 1.36. The number of nitrogens with one attached hydrogen (secondary N) is 1. The number of amides is 1. The zero-order chi connectivity index (χ0) is 20.0. The van der Waals surface area contributed by atoms with Crippen molar-refractivity contribution in [3.05, 3.63) is 58.1 Å². The molecule has 0 aliphatic carbocycles. The van der Waals surface area contributed by atoms with Crippen molar-refractivity contribution in [2.75, 3.05) is 29.4 Å². The Morgan fingerprint density at radius 1 is 1.15 bits per heavy atom. The minimum absolute atomic E-state index is 0.0901. The molecule has 2 aromatic carbocycles. The normalized spacial score (nSPS) is 11.3. The van der Waals surface area contributed by atoms with Crippen molar-refractivity contribution in [1.29, 1.82) is 0 Å². The van der Waals surface area contributed by atoms with E-state index < -0.39 is 15.9 Å². The molecule has 0 bridgehead atoms. The Bertz CT molecular complexity index is 903. The maximum Gasteiger partial charge on any atom is 0.240 e. The van der Waals surface area contributed by atoms with Gasteiger partial charge in [0.15, 0.2) is 0 Å². The molecule has 2 aromatic rings. The molecule has 0 aromatic heterocycles. The first-order valence-corrected chi connectivity index (χ1v) is 11.7. The van der Waals surface area contributed by atoms with E-state index >= 15 is 0 Å². The Morgan fingerprint density at radius 3 is 2.44 bits per heavy atom. The molecule has 146 valence electrons. The number of benzene rings is 2. The fourth-order valence-corrected chi connectivity index (χ4v) is 4.32. The van der Waals surface area contributed by atoms with E-state index in [-0.39, 0.29) is 22.3 Å². The average Bonchev–Trinajstić information content (AvgIpc) is 2.60. The molecule has 2 rings (SSSR count). The SMILES string of the molecule is Cc1ccc(SCCNC(=O)CN(c2cccc(Cl)c2Cl)S(C)(=O)=O)cc1. The smallest absolute Gasteiger partial charge is 0.240 e. The Labute approximate surface area is 174 Å². The highest BCUT2D eigenvalue weighted by Gasteiger charge is 2.23. The van der Waals surface area contributed by atoms with Gasteiger partial charge < -0.3 is 5.32 Å². The number of thioether (sulfide) groups is 1. The van der Waals surface area contributed by atoms with Gasteiger partial charge in [-0.2, -0.15) is 0 Å². The summed E-state index contributed by atoms with van der Waals surface area (Å²) >= 11 is 13.7. The number of carbonyl (C=O) groups excluding carboxylic acids is 1. The zero-order valence-electron chi connectivity index (χ0n) is 14.9.